The summed E-state index contributed by atoms with van der Waals surface area (Å²) in [6.07, 6.45) is 0. The Kier molecular flexibility index (Phi) is 4.16. The minimum absolute atomic E-state index is 0. The first-order chi connectivity index (χ1) is 6.56. The van der Waals surface area contributed by atoms with E-state index >= 15 is 0 Å². The first kappa shape index (κ1) is 13.0. The van der Waals surface area contributed by atoms with Crippen LogP contribution in [0.5, 0.6) is 5.75 Å². The molecule has 1 N–H and O–H groups in total. The number of para-hydroxylation sites is 1. The Bertz CT molecular complexity index is 448. The van der Waals surface area contributed by atoms with Crippen LogP contribution in [0.1, 0.15) is 11.6 Å². The van der Waals surface area contributed by atoms with Gasteiger partial charge in [0, 0.05) is 5.56 Å². The molecule has 0 spiro atoms. The summed E-state index contributed by atoms with van der Waals surface area (Å²) in [6.45, 7) is 0. The minimum atomic E-state index is -4.24. The van der Waals surface area contributed by atoms with E-state index in [1.54, 1.807) is 24.3 Å². The van der Waals surface area contributed by atoms with Crippen molar-refractivity contribution < 1.29 is 47.4 Å². The van der Waals surface area contributed by atoms with Gasteiger partial charge in [0.1, 0.15) is 0 Å². The SMILES string of the molecule is O=S(=O)([O-])CC1NOc2ccccc21.[Na+]. The fourth-order valence-corrected chi connectivity index (χ4v) is 2.04. The van der Waals surface area contributed by atoms with E-state index in [0.717, 1.165) is 0 Å². The van der Waals surface area contributed by atoms with Crippen LogP contribution in [-0.4, -0.2) is 18.7 Å². The van der Waals surface area contributed by atoms with Crippen LogP contribution in [-0.2, 0) is 10.1 Å². The van der Waals surface area contributed by atoms with E-state index in [2.05, 4.69) is 5.48 Å². The number of nitrogens with one attached hydrogen (secondary N) is 1. The molecule has 0 saturated heterocycles. The normalized spacial score (nSPS) is 18.9. The molecule has 0 bridgehead atoms. The summed E-state index contributed by atoms with van der Waals surface area (Å²) in [5, 5.41) is 0. The summed E-state index contributed by atoms with van der Waals surface area (Å²) in [5.41, 5.74) is 3.20. The van der Waals surface area contributed by atoms with Gasteiger partial charge in [-0.15, -0.1) is 5.48 Å². The van der Waals surface area contributed by atoms with Crippen LogP contribution in [0.15, 0.2) is 24.3 Å². The third kappa shape index (κ3) is 3.17. The van der Waals surface area contributed by atoms with Crippen molar-refractivity contribution >= 4 is 10.1 Å². The van der Waals surface area contributed by atoms with Crippen LogP contribution in [0.2, 0.25) is 0 Å². The molecule has 1 aliphatic rings. The fraction of sp³-hybridized carbons (Fsp3) is 0.250. The van der Waals surface area contributed by atoms with Crippen molar-refractivity contribution in [1.82, 2.24) is 5.48 Å². The second-order valence-corrected chi connectivity index (χ2v) is 4.48. The molecule has 5 nitrogen and oxygen atoms in total. The molecule has 1 heterocycles. The number of benzene rings is 1. The van der Waals surface area contributed by atoms with Gasteiger partial charge in [0.15, 0.2) is 5.75 Å². The van der Waals surface area contributed by atoms with Crippen LogP contribution in [0.3, 0.4) is 0 Å². The van der Waals surface area contributed by atoms with Crippen molar-refractivity contribution in [3.05, 3.63) is 29.8 Å². The molecule has 1 aromatic carbocycles. The second kappa shape index (κ2) is 4.82. The van der Waals surface area contributed by atoms with Gasteiger partial charge in [0.2, 0.25) is 0 Å². The maximum atomic E-state index is 10.5. The van der Waals surface area contributed by atoms with E-state index < -0.39 is 21.9 Å². The summed E-state index contributed by atoms with van der Waals surface area (Å²) in [5.74, 6) is 0.0745. The summed E-state index contributed by atoms with van der Waals surface area (Å²) in [6, 6.07) is 6.41. The molecule has 15 heavy (non-hydrogen) atoms. The van der Waals surface area contributed by atoms with Gasteiger partial charge in [0.25, 0.3) is 0 Å². The van der Waals surface area contributed by atoms with Crippen LogP contribution in [0.4, 0.5) is 0 Å². The quantitative estimate of drug-likeness (QED) is 0.443. The van der Waals surface area contributed by atoms with Crippen molar-refractivity contribution in [2.75, 3.05) is 5.75 Å². The predicted octanol–water partition coefficient (Wildman–Crippen LogP) is -2.83. The summed E-state index contributed by atoms with van der Waals surface area (Å²) < 4.78 is 31.6. The Labute approximate surface area is 110 Å². The molecule has 1 atom stereocenters. The van der Waals surface area contributed by atoms with Crippen molar-refractivity contribution in [3.8, 4) is 5.75 Å². The average molecular weight is 237 g/mol. The Balaban J connectivity index is 0.00000112. The van der Waals surface area contributed by atoms with Gasteiger partial charge in [-0.1, -0.05) is 18.2 Å². The van der Waals surface area contributed by atoms with Gasteiger partial charge in [-0.25, -0.2) is 8.42 Å². The smallest absolute Gasteiger partial charge is 0.748 e. The fourth-order valence-electron chi connectivity index (χ4n) is 1.39. The van der Waals surface area contributed by atoms with Crippen molar-refractivity contribution in [1.29, 1.82) is 0 Å². The molecule has 0 amide bonds. The second-order valence-electron chi connectivity index (χ2n) is 3.03. The summed E-state index contributed by atoms with van der Waals surface area (Å²) >= 11 is 0. The standard InChI is InChI=1S/C8H9NO4S.Na/c10-14(11,12)5-7-6-3-1-2-4-8(6)13-9-7;/h1-4,7,9H,5H2,(H,10,11,12);/q;+1/p-1. The molecule has 0 radical (unpaired) electrons. The van der Waals surface area contributed by atoms with Crippen LogP contribution >= 0.6 is 0 Å². The first-order valence-electron chi connectivity index (χ1n) is 4.01. The zero-order valence-electron chi connectivity index (χ0n) is 8.14. The summed E-state index contributed by atoms with van der Waals surface area (Å²) in [4.78, 5) is 5.00. The van der Waals surface area contributed by atoms with E-state index in [-0.39, 0.29) is 29.6 Å². The third-order valence-corrected chi connectivity index (χ3v) is 2.72. The minimum Gasteiger partial charge on any atom is -0.748 e. The molecule has 1 aromatic rings. The number of fused-ring (bicyclic) bond motifs is 1. The van der Waals surface area contributed by atoms with E-state index in [1.807, 2.05) is 0 Å². The largest absolute Gasteiger partial charge is 1.00 e. The van der Waals surface area contributed by atoms with Crippen LogP contribution in [0, 0.1) is 0 Å². The Morgan fingerprint density at radius 2 is 2.07 bits per heavy atom. The van der Waals surface area contributed by atoms with Gasteiger partial charge < -0.3 is 9.39 Å². The van der Waals surface area contributed by atoms with Gasteiger partial charge in [-0.05, 0) is 6.07 Å². The summed E-state index contributed by atoms with van der Waals surface area (Å²) in [7, 11) is -4.24. The maximum absolute atomic E-state index is 10.5. The first-order valence-corrected chi connectivity index (χ1v) is 5.59. The number of hydrogen-bond donors (Lipinski definition) is 1. The molecule has 0 saturated carbocycles. The molecular weight excluding hydrogens is 229 g/mol. The monoisotopic (exact) mass is 237 g/mol. The van der Waals surface area contributed by atoms with Gasteiger partial charge in [-0.2, -0.15) is 0 Å². The van der Waals surface area contributed by atoms with E-state index in [4.69, 9.17) is 4.84 Å². The van der Waals surface area contributed by atoms with Crippen molar-refractivity contribution in [2.24, 2.45) is 0 Å². The Morgan fingerprint density at radius 1 is 1.40 bits per heavy atom. The molecule has 1 aliphatic heterocycles. The Morgan fingerprint density at radius 3 is 2.73 bits per heavy atom. The predicted molar refractivity (Wildman–Crippen MR) is 47.5 cm³/mol. The molecule has 0 aromatic heterocycles. The van der Waals surface area contributed by atoms with Gasteiger partial charge in [-0.3, -0.25) is 0 Å². The number of rotatable bonds is 2. The zero-order chi connectivity index (χ0) is 10.2. The number of hydrogen-bond acceptors (Lipinski definition) is 5. The molecular formula is C8H8NNaO4S. The molecule has 2 rings (SSSR count). The molecule has 0 aliphatic carbocycles. The Hall–Kier alpha value is -0.110. The molecule has 1 unspecified atom stereocenters. The molecule has 76 valence electrons. The third-order valence-electron chi connectivity index (χ3n) is 1.98. The van der Waals surface area contributed by atoms with Crippen molar-refractivity contribution in [2.45, 2.75) is 6.04 Å². The molecule has 0 fully saturated rings. The van der Waals surface area contributed by atoms with Crippen LogP contribution in [0.25, 0.3) is 0 Å². The number of hydroxylamine groups is 1. The topological polar surface area (TPSA) is 78.5 Å². The van der Waals surface area contributed by atoms with Crippen molar-refractivity contribution in [3.63, 3.8) is 0 Å². The van der Waals surface area contributed by atoms with Crippen LogP contribution < -0.4 is 39.9 Å². The van der Waals surface area contributed by atoms with Gasteiger partial charge in [0.05, 0.1) is 21.9 Å². The maximum Gasteiger partial charge on any atom is 1.00 e. The van der Waals surface area contributed by atoms with Gasteiger partial charge >= 0.3 is 29.6 Å². The van der Waals surface area contributed by atoms with E-state index in [0.29, 0.717) is 11.3 Å². The van der Waals surface area contributed by atoms with E-state index in [9.17, 15) is 13.0 Å². The van der Waals surface area contributed by atoms with E-state index in [1.165, 1.54) is 0 Å². The average Bonchev–Trinajstić information content (AvgIpc) is 2.47. The zero-order valence-corrected chi connectivity index (χ0v) is 11.0. The molecule has 7 heteroatoms.